The molecule has 0 aliphatic carbocycles. The first-order chi connectivity index (χ1) is 11.7. The number of ether oxygens (including phenoxy) is 1. The van der Waals surface area contributed by atoms with E-state index in [9.17, 15) is 4.39 Å². The molecule has 4 nitrogen and oxygen atoms in total. The van der Waals surface area contributed by atoms with Crippen molar-refractivity contribution in [2.75, 3.05) is 12.9 Å². The molecule has 1 atom stereocenters. The summed E-state index contributed by atoms with van der Waals surface area (Å²) < 4.78 is 19.6. The van der Waals surface area contributed by atoms with Gasteiger partial charge < -0.3 is 15.8 Å². The summed E-state index contributed by atoms with van der Waals surface area (Å²) in [6.45, 7) is 0.846. The van der Waals surface area contributed by atoms with Crippen LogP contribution in [0.4, 0.5) is 4.39 Å². The van der Waals surface area contributed by atoms with Crippen LogP contribution in [0.5, 0.6) is 5.75 Å². The Kier molecular flexibility index (Phi) is 5.25. The molecule has 1 heterocycles. The molecule has 126 valence electrons. The van der Waals surface area contributed by atoms with E-state index in [-0.39, 0.29) is 18.4 Å². The first kappa shape index (κ1) is 16.6. The van der Waals surface area contributed by atoms with Crippen LogP contribution >= 0.6 is 11.8 Å². The molecular weight excluding hydrogens is 325 g/mol. The van der Waals surface area contributed by atoms with E-state index in [1.54, 1.807) is 6.07 Å². The van der Waals surface area contributed by atoms with Crippen molar-refractivity contribution in [3.8, 4) is 5.75 Å². The number of thioether (sulfide) groups is 1. The summed E-state index contributed by atoms with van der Waals surface area (Å²) in [6, 6.07) is 13.0. The molecule has 3 rings (SSSR count). The lowest BCUT2D eigenvalue weighted by molar-refractivity contribution is 0.262. The summed E-state index contributed by atoms with van der Waals surface area (Å²) in [5.74, 6) is 0.926. The molecule has 1 aliphatic heterocycles. The zero-order valence-electron chi connectivity index (χ0n) is 13.5. The van der Waals surface area contributed by atoms with E-state index in [4.69, 9.17) is 10.5 Å². The second-order valence-corrected chi connectivity index (χ2v) is 6.34. The summed E-state index contributed by atoms with van der Waals surface area (Å²) in [5.41, 5.74) is 7.66. The highest BCUT2D eigenvalue weighted by molar-refractivity contribution is 7.98. The molecule has 0 radical (unpaired) electrons. The predicted octanol–water partition coefficient (Wildman–Crippen LogP) is 3.48. The summed E-state index contributed by atoms with van der Waals surface area (Å²) in [4.78, 5) is 5.20. The van der Waals surface area contributed by atoms with Crippen molar-refractivity contribution in [2.24, 2.45) is 10.7 Å². The Bertz CT molecular complexity index is 751. The van der Waals surface area contributed by atoms with Crippen molar-refractivity contribution in [1.82, 2.24) is 5.32 Å². The summed E-state index contributed by atoms with van der Waals surface area (Å²) in [6.07, 6.45) is 2.73. The maximum absolute atomic E-state index is 14.0. The van der Waals surface area contributed by atoms with Crippen molar-refractivity contribution in [3.05, 3.63) is 59.4 Å². The number of para-hydroxylation sites is 1. The second-order valence-electron chi connectivity index (χ2n) is 5.49. The van der Waals surface area contributed by atoms with Gasteiger partial charge in [-0.25, -0.2) is 9.38 Å². The van der Waals surface area contributed by atoms with Crippen LogP contribution in [0.1, 0.15) is 23.6 Å². The zero-order chi connectivity index (χ0) is 16.9. The van der Waals surface area contributed by atoms with Crippen molar-refractivity contribution < 1.29 is 9.13 Å². The van der Waals surface area contributed by atoms with Crippen molar-refractivity contribution >= 4 is 17.7 Å². The monoisotopic (exact) mass is 345 g/mol. The molecule has 6 heteroatoms. The summed E-state index contributed by atoms with van der Waals surface area (Å²) in [7, 11) is 0. The molecule has 0 aromatic heterocycles. The van der Waals surface area contributed by atoms with Gasteiger partial charge in [0.15, 0.2) is 5.96 Å². The molecular formula is C18H20FN3OS. The van der Waals surface area contributed by atoms with Gasteiger partial charge in [0.1, 0.15) is 11.6 Å². The Morgan fingerprint density at radius 1 is 1.33 bits per heavy atom. The smallest absolute Gasteiger partial charge is 0.189 e. The number of nitrogens with zero attached hydrogens (tertiary/aromatic N) is 1. The van der Waals surface area contributed by atoms with Gasteiger partial charge in [-0.05, 0) is 24.5 Å². The summed E-state index contributed by atoms with van der Waals surface area (Å²) >= 11 is 1.50. The largest absolute Gasteiger partial charge is 0.493 e. The molecule has 0 spiro atoms. The van der Waals surface area contributed by atoms with Crippen molar-refractivity contribution in [2.45, 2.75) is 23.9 Å². The van der Waals surface area contributed by atoms with Crippen molar-refractivity contribution in [1.29, 1.82) is 0 Å². The van der Waals surface area contributed by atoms with Gasteiger partial charge in [-0.15, -0.1) is 11.8 Å². The van der Waals surface area contributed by atoms with Gasteiger partial charge >= 0.3 is 0 Å². The fourth-order valence-corrected chi connectivity index (χ4v) is 3.39. The molecule has 1 aliphatic rings. The molecule has 0 bridgehead atoms. The van der Waals surface area contributed by atoms with Crippen LogP contribution in [0.2, 0.25) is 0 Å². The maximum atomic E-state index is 14.0. The normalized spacial score (nSPS) is 17.1. The molecule has 2 aromatic rings. The van der Waals surface area contributed by atoms with Crippen LogP contribution in [0, 0.1) is 5.82 Å². The third-order valence-corrected chi connectivity index (χ3v) is 4.81. The molecule has 24 heavy (non-hydrogen) atoms. The minimum Gasteiger partial charge on any atom is -0.493 e. The highest BCUT2D eigenvalue weighted by Gasteiger charge is 2.21. The van der Waals surface area contributed by atoms with Crippen LogP contribution in [-0.2, 0) is 6.54 Å². The predicted molar refractivity (Wildman–Crippen MR) is 95.9 cm³/mol. The third kappa shape index (κ3) is 3.64. The number of rotatable bonds is 4. The topological polar surface area (TPSA) is 59.6 Å². The van der Waals surface area contributed by atoms with Gasteiger partial charge in [0, 0.05) is 22.4 Å². The quantitative estimate of drug-likeness (QED) is 0.506. The van der Waals surface area contributed by atoms with E-state index in [0.717, 1.165) is 22.6 Å². The van der Waals surface area contributed by atoms with E-state index < -0.39 is 0 Å². The van der Waals surface area contributed by atoms with Gasteiger partial charge in [0.25, 0.3) is 0 Å². The Morgan fingerprint density at radius 3 is 3.00 bits per heavy atom. The van der Waals surface area contributed by atoms with E-state index in [1.165, 1.54) is 17.8 Å². The van der Waals surface area contributed by atoms with E-state index in [2.05, 4.69) is 10.3 Å². The van der Waals surface area contributed by atoms with E-state index >= 15 is 0 Å². The highest BCUT2D eigenvalue weighted by atomic mass is 32.2. The van der Waals surface area contributed by atoms with Gasteiger partial charge in [-0.2, -0.15) is 0 Å². The van der Waals surface area contributed by atoms with Crippen LogP contribution in [-0.4, -0.2) is 18.8 Å². The van der Waals surface area contributed by atoms with Gasteiger partial charge in [0.2, 0.25) is 0 Å². The number of guanidine groups is 1. The van der Waals surface area contributed by atoms with Crippen LogP contribution < -0.4 is 15.8 Å². The molecule has 0 fully saturated rings. The number of benzene rings is 2. The van der Waals surface area contributed by atoms with Crippen LogP contribution in [0.15, 0.2) is 52.4 Å². The number of fused-ring (bicyclic) bond motifs is 1. The number of halogens is 1. The molecule has 0 amide bonds. The minimum atomic E-state index is -0.255. The number of aliphatic imine (C=N–C) groups is 1. The van der Waals surface area contributed by atoms with E-state index in [1.807, 2.05) is 36.6 Å². The number of hydrogen-bond acceptors (Lipinski definition) is 3. The zero-order valence-corrected chi connectivity index (χ0v) is 14.3. The Morgan fingerprint density at radius 2 is 2.17 bits per heavy atom. The Balaban J connectivity index is 1.72. The SMILES string of the molecule is CSc1cccc(F)c1CN=C(N)NC1CCOc2ccccc21. The molecule has 2 aromatic carbocycles. The highest BCUT2D eigenvalue weighted by Crippen LogP contribution is 2.31. The van der Waals surface area contributed by atoms with Crippen LogP contribution in [0.25, 0.3) is 0 Å². The van der Waals surface area contributed by atoms with Gasteiger partial charge in [0.05, 0.1) is 19.2 Å². The fourth-order valence-electron chi connectivity index (χ4n) is 2.76. The average molecular weight is 345 g/mol. The van der Waals surface area contributed by atoms with Gasteiger partial charge in [-0.3, -0.25) is 0 Å². The Hall–Kier alpha value is -2.21. The molecule has 3 N–H and O–H groups in total. The maximum Gasteiger partial charge on any atom is 0.189 e. The molecule has 0 saturated heterocycles. The first-order valence-corrected chi connectivity index (χ1v) is 9.01. The number of hydrogen-bond donors (Lipinski definition) is 2. The molecule has 1 unspecified atom stereocenters. The minimum absolute atomic E-state index is 0.0549. The van der Waals surface area contributed by atoms with Crippen molar-refractivity contribution in [3.63, 3.8) is 0 Å². The molecule has 0 saturated carbocycles. The number of nitrogens with one attached hydrogen (secondary N) is 1. The summed E-state index contributed by atoms with van der Waals surface area (Å²) in [5, 5.41) is 3.22. The lowest BCUT2D eigenvalue weighted by Gasteiger charge is -2.27. The Labute approximate surface area is 145 Å². The van der Waals surface area contributed by atoms with E-state index in [0.29, 0.717) is 18.1 Å². The second kappa shape index (κ2) is 7.57. The van der Waals surface area contributed by atoms with Gasteiger partial charge in [-0.1, -0.05) is 24.3 Å². The number of nitrogens with two attached hydrogens (primary N) is 1. The standard InChI is InChI=1S/C18H20FN3OS/c1-24-17-8-4-6-14(19)13(17)11-21-18(20)22-15-9-10-23-16-7-3-2-5-12(15)16/h2-8,15H,9-11H2,1H3,(H3,20,21,22). The third-order valence-electron chi connectivity index (χ3n) is 3.98. The average Bonchev–Trinajstić information content (AvgIpc) is 2.61. The first-order valence-electron chi connectivity index (χ1n) is 7.78. The van der Waals surface area contributed by atoms with Crippen LogP contribution in [0.3, 0.4) is 0 Å². The lowest BCUT2D eigenvalue weighted by Crippen LogP contribution is -2.37. The fraction of sp³-hybridized carbons (Fsp3) is 0.278. The lowest BCUT2D eigenvalue weighted by atomic mass is 10.0.